The van der Waals surface area contributed by atoms with Gasteiger partial charge in [-0.1, -0.05) is 0 Å². The van der Waals surface area contributed by atoms with Crippen LogP contribution in [0, 0.1) is 0 Å². The van der Waals surface area contributed by atoms with E-state index in [-0.39, 0.29) is 0 Å². The Bertz CT molecular complexity index is 203. The molecule has 0 spiro atoms. The molecule has 1 aromatic rings. The van der Waals surface area contributed by atoms with E-state index in [0.717, 1.165) is 5.56 Å². The van der Waals surface area contributed by atoms with Crippen LogP contribution >= 0.6 is 12.6 Å². The first-order valence-electron chi connectivity index (χ1n) is 3.53. The van der Waals surface area contributed by atoms with Crippen LogP contribution in [-0.4, -0.2) is 15.8 Å². The Balaban J connectivity index is 2.61. The number of hydrogen-bond acceptors (Lipinski definition) is 3. The lowest BCUT2D eigenvalue weighted by Crippen LogP contribution is -1.97. The van der Waals surface area contributed by atoms with Gasteiger partial charge in [0.2, 0.25) is 0 Å². The smallest absolute Gasteiger partial charge is 0.0798 e. The predicted octanol–water partition coefficient (Wildman–Crippen LogP) is 1.43. The van der Waals surface area contributed by atoms with Gasteiger partial charge in [-0.15, -0.1) is 0 Å². The molecule has 0 aromatic carbocycles. The zero-order chi connectivity index (χ0) is 8.10. The highest BCUT2D eigenvalue weighted by Crippen LogP contribution is 2.14. The minimum atomic E-state index is -0.393. The summed E-state index contributed by atoms with van der Waals surface area (Å²) in [5.41, 5.74) is 0.911. The molecule has 0 saturated heterocycles. The quantitative estimate of drug-likeness (QED) is 0.671. The molecular weight excluding hydrogens is 158 g/mol. The van der Waals surface area contributed by atoms with Gasteiger partial charge in [0.1, 0.15) is 0 Å². The average Bonchev–Trinajstić information content (AvgIpc) is 2.07. The van der Waals surface area contributed by atoms with Crippen molar-refractivity contribution in [3.05, 3.63) is 30.1 Å². The molecule has 1 unspecified atom stereocenters. The topological polar surface area (TPSA) is 33.1 Å². The second kappa shape index (κ2) is 4.36. The first kappa shape index (κ1) is 8.56. The van der Waals surface area contributed by atoms with Crippen molar-refractivity contribution in [2.75, 3.05) is 5.75 Å². The lowest BCUT2D eigenvalue weighted by molar-refractivity contribution is 0.175. The SMILES string of the molecule is OC(CCS)c1ccncc1. The van der Waals surface area contributed by atoms with Crippen molar-refractivity contribution in [3.63, 3.8) is 0 Å². The van der Waals surface area contributed by atoms with Crippen molar-refractivity contribution in [2.24, 2.45) is 0 Å². The maximum absolute atomic E-state index is 9.44. The second-order valence-electron chi connectivity index (χ2n) is 2.31. The lowest BCUT2D eigenvalue weighted by Gasteiger charge is -2.07. The molecule has 0 radical (unpaired) electrons. The molecule has 0 amide bonds. The van der Waals surface area contributed by atoms with Crippen molar-refractivity contribution in [3.8, 4) is 0 Å². The number of rotatable bonds is 3. The van der Waals surface area contributed by atoms with Gasteiger partial charge in [-0.05, 0) is 29.9 Å². The van der Waals surface area contributed by atoms with E-state index in [1.165, 1.54) is 0 Å². The molecule has 0 fully saturated rings. The van der Waals surface area contributed by atoms with Gasteiger partial charge < -0.3 is 5.11 Å². The Labute approximate surface area is 71.7 Å². The highest BCUT2D eigenvalue weighted by atomic mass is 32.1. The second-order valence-corrected chi connectivity index (χ2v) is 2.76. The molecule has 0 aliphatic rings. The van der Waals surface area contributed by atoms with E-state index in [2.05, 4.69) is 17.6 Å². The zero-order valence-corrected chi connectivity index (χ0v) is 7.04. The van der Waals surface area contributed by atoms with Crippen molar-refractivity contribution in [1.29, 1.82) is 0 Å². The van der Waals surface area contributed by atoms with Crippen LogP contribution in [0.4, 0.5) is 0 Å². The Morgan fingerprint density at radius 3 is 2.64 bits per heavy atom. The molecule has 60 valence electrons. The molecule has 2 nitrogen and oxygen atoms in total. The highest BCUT2D eigenvalue weighted by Gasteiger charge is 2.03. The molecule has 0 bridgehead atoms. The normalized spacial score (nSPS) is 12.9. The van der Waals surface area contributed by atoms with Crippen LogP contribution in [0.1, 0.15) is 18.1 Å². The molecule has 1 aromatic heterocycles. The van der Waals surface area contributed by atoms with Crippen molar-refractivity contribution >= 4 is 12.6 Å². The Hall–Kier alpha value is -0.540. The van der Waals surface area contributed by atoms with Crippen LogP contribution in [0.25, 0.3) is 0 Å². The molecular formula is C8H11NOS. The van der Waals surface area contributed by atoms with Crippen LogP contribution in [-0.2, 0) is 0 Å². The summed E-state index contributed by atoms with van der Waals surface area (Å²) in [7, 11) is 0. The van der Waals surface area contributed by atoms with Gasteiger partial charge >= 0.3 is 0 Å². The first-order valence-corrected chi connectivity index (χ1v) is 4.16. The van der Waals surface area contributed by atoms with E-state index in [0.29, 0.717) is 12.2 Å². The van der Waals surface area contributed by atoms with Crippen LogP contribution < -0.4 is 0 Å². The molecule has 1 heterocycles. The van der Waals surface area contributed by atoms with Gasteiger partial charge in [-0.3, -0.25) is 4.98 Å². The molecule has 1 N–H and O–H groups in total. The standard InChI is InChI=1S/C8H11NOS/c10-8(3-6-11)7-1-4-9-5-2-7/h1-2,4-5,8,10-11H,3,6H2. The number of aliphatic hydroxyl groups is 1. The van der Waals surface area contributed by atoms with Gasteiger partial charge in [0.15, 0.2) is 0 Å². The maximum Gasteiger partial charge on any atom is 0.0798 e. The summed E-state index contributed by atoms with van der Waals surface area (Å²) >= 11 is 4.03. The number of thiol groups is 1. The van der Waals surface area contributed by atoms with Gasteiger partial charge in [0.05, 0.1) is 6.10 Å². The Morgan fingerprint density at radius 2 is 2.09 bits per heavy atom. The minimum absolute atomic E-state index is 0.393. The zero-order valence-electron chi connectivity index (χ0n) is 6.14. The van der Waals surface area contributed by atoms with Gasteiger partial charge in [-0.2, -0.15) is 12.6 Å². The van der Waals surface area contributed by atoms with Gasteiger partial charge in [0.25, 0.3) is 0 Å². The van der Waals surface area contributed by atoms with Gasteiger partial charge in [0, 0.05) is 12.4 Å². The summed E-state index contributed by atoms with van der Waals surface area (Å²) in [4.78, 5) is 3.86. The lowest BCUT2D eigenvalue weighted by atomic mass is 10.1. The first-order chi connectivity index (χ1) is 5.34. The fourth-order valence-corrected chi connectivity index (χ4v) is 1.12. The summed E-state index contributed by atoms with van der Waals surface area (Å²) in [6.07, 6.45) is 3.65. The molecule has 0 saturated carbocycles. The number of hydrogen-bond donors (Lipinski definition) is 2. The van der Waals surface area contributed by atoms with E-state index in [1.807, 2.05) is 12.1 Å². The minimum Gasteiger partial charge on any atom is -0.388 e. The summed E-state index contributed by atoms with van der Waals surface area (Å²) in [6, 6.07) is 3.63. The number of aliphatic hydroxyl groups excluding tert-OH is 1. The van der Waals surface area contributed by atoms with Crippen molar-refractivity contribution < 1.29 is 5.11 Å². The number of nitrogens with zero attached hydrogens (tertiary/aromatic N) is 1. The molecule has 3 heteroatoms. The number of pyridine rings is 1. The third-order valence-corrected chi connectivity index (χ3v) is 1.75. The molecule has 0 aliphatic carbocycles. The van der Waals surface area contributed by atoms with E-state index in [9.17, 15) is 5.11 Å². The molecule has 0 aliphatic heterocycles. The van der Waals surface area contributed by atoms with Crippen LogP contribution in [0.2, 0.25) is 0 Å². The van der Waals surface area contributed by atoms with Crippen LogP contribution in [0.5, 0.6) is 0 Å². The summed E-state index contributed by atoms with van der Waals surface area (Å²) < 4.78 is 0. The van der Waals surface area contributed by atoms with E-state index in [1.54, 1.807) is 12.4 Å². The van der Waals surface area contributed by atoms with Crippen molar-refractivity contribution in [2.45, 2.75) is 12.5 Å². The third kappa shape index (κ3) is 2.52. The maximum atomic E-state index is 9.44. The fourth-order valence-electron chi connectivity index (χ4n) is 0.875. The average molecular weight is 169 g/mol. The largest absolute Gasteiger partial charge is 0.388 e. The predicted molar refractivity (Wildman–Crippen MR) is 47.7 cm³/mol. The molecule has 11 heavy (non-hydrogen) atoms. The number of aromatic nitrogens is 1. The summed E-state index contributed by atoms with van der Waals surface area (Å²) in [5, 5.41) is 9.44. The highest BCUT2D eigenvalue weighted by molar-refractivity contribution is 7.80. The van der Waals surface area contributed by atoms with E-state index in [4.69, 9.17) is 0 Å². The summed E-state index contributed by atoms with van der Waals surface area (Å²) in [5.74, 6) is 0.698. The fraction of sp³-hybridized carbons (Fsp3) is 0.375. The third-order valence-electron chi connectivity index (χ3n) is 1.49. The van der Waals surface area contributed by atoms with Crippen LogP contribution in [0.15, 0.2) is 24.5 Å². The molecule has 1 atom stereocenters. The monoisotopic (exact) mass is 169 g/mol. The summed E-state index contributed by atoms with van der Waals surface area (Å²) in [6.45, 7) is 0. The Kier molecular flexibility index (Phi) is 3.39. The van der Waals surface area contributed by atoms with E-state index < -0.39 is 6.10 Å². The van der Waals surface area contributed by atoms with E-state index >= 15 is 0 Å². The van der Waals surface area contributed by atoms with Crippen molar-refractivity contribution in [1.82, 2.24) is 4.98 Å². The van der Waals surface area contributed by atoms with Gasteiger partial charge in [-0.25, -0.2) is 0 Å². The Morgan fingerprint density at radius 1 is 1.45 bits per heavy atom. The molecule has 1 rings (SSSR count). The van der Waals surface area contributed by atoms with Crippen LogP contribution in [0.3, 0.4) is 0 Å².